The summed E-state index contributed by atoms with van der Waals surface area (Å²) in [6, 6.07) is 0. The number of hydrogen-bond donors (Lipinski definition) is 0. The number of unbranched alkanes of at least 4 members (excludes halogenated alkanes) is 2. The Labute approximate surface area is 65.1 Å². The summed E-state index contributed by atoms with van der Waals surface area (Å²) in [6.07, 6.45) is -0.589. The van der Waals surface area contributed by atoms with Crippen molar-refractivity contribution in [1.29, 1.82) is 0 Å². The molecule has 0 bridgehead atoms. The minimum absolute atomic E-state index is 0.481. The van der Waals surface area contributed by atoms with Gasteiger partial charge in [-0.2, -0.15) is 13.2 Å². The van der Waals surface area contributed by atoms with Crippen LogP contribution in [-0.2, 0) is 0 Å². The van der Waals surface area contributed by atoms with Gasteiger partial charge in [-0.25, -0.2) is 0 Å². The van der Waals surface area contributed by atoms with Gasteiger partial charge in [0.15, 0.2) is 0 Å². The Hall–Kier alpha value is -0.470. The van der Waals surface area contributed by atoms with Crippen LogP contribution in [-0.4, -0.2) is 6.18 Å². The molecule has 0 aliphatic carbocycles. The molecule has 0 aliphatic rings. The molecular weight excluding hydrogens is 153 g/mol. The highest BCUT2D eigenvalue weighted by Crippen LogP contribution is 2.25. The lowest BCUT2D eigenvalue weighted by Gasteiger charge is -2.05. The molecule has 0 aromatic heterocycles. The molecule has 0 nitrogen and oxygen atoms in total. The molecule has 0 aliphatic heterocycles. The Bertz CT molecular complexity index is 133. The van der Waals surface area contributed by atoms with Crippen LogP contribution in [0.15, 0.2) is 11.6 Å². The third-order valence-electron chi connectivity index (χ3n) is 1.46. The molecule has 0 aromatic carbocycles. The van der Waals surface area contributed by atoms with E-state index in [-0.39, 0.29) is 0 Å². The van der Waals surface area contributed by atoms with E-state index in [4.69, 9.17) is 0 Å². The topological polar surface area (TPSA) is 0 Å². The van der Waals surface area contributed by atoms with E-state index < -0.39 is 11.7 Å². The first-order valence-corrected chi connectivity index (χ1v) is 3.72. The van der Waals surface area contributed by atoms with Crippen molar-refractivity contribution in [2.75, 3.05) is 0 Å². The monoisotopic (exact) mass is 166 g/mol. The van der Waals surface area contributed by atoms with Gasteiger partial charge >= 0.3 is 6.18 Å². The van der Waals surface area contributed by atoms with Crippen molar-refractivity contribution in [3.63, 3.8) is 0 Å². The Morgan fingerprint density at radius 3 is 2.27 bits per heavy atom. The lowest BCUT2D eigenvalue weighted by Crippen LogP contribution is -2.08. The highest BCUT2D eigenvalue weighted by atomic mass is 19.4. The van der Waals surface area contributed by atoms with Gasteiger partial charge in [-0.3, -0.25) is 0 Å². The summed E-state index contributed by atoms with van der Waals surface area (Å²) in [5.74, 6) is 0. The van der Waals surface area contributed by atoms with Crippen molar-refractivity contribution < 1.29 is 13.2 Å². The zero-order chi connectivity index (χ0) is 8.91. The Balaban J connectivity index is 3.81. The van der Waals surface area contributed by atoms with Crippen LogP contribution in [0.5, 0.6) is 0 Å². The van der Waals surface area contributed by atoms with Crippen molar-refractivity contribution in [3.05, 3.63) is 11.6 Å². The normalized spacial score (nSPS) is 13.7. The second-order valence-electron chi connectivity index (χ2n) is 2.53. The summed E-state index contributed by atoms with van der Waals surface area (Å²) in [6.45, 7) is 3.06. The van der Waals surface area contributed by atoms with Crippen molar-refractivity contribution in [3.8, 4) is 0 Å². The van der Waals surface area contributed by atoms with Gasteiger partial charge in [-0.1, -0.05) is 25.8 Å². The summed E-state index contributed by atoms with van der Waals surface area (Å²) in [4.78, 5) is 0. The average molecular weight is 166 g/mol. The van der Waals surface area contributed by atoms with E-state index in [2.05, 4.69) is 0 Å². The fraction of sp³-hybridized carbons (Fsp3) is 0.750. The van der Waals surface area contributed by atoms with E-state index in [0.29, 0.717) is 6.42 Å². The summed E-state index contributed by atoms with van der Waals surface area (Å²) in [5.41, 5.74) is -0.481. The fourth-order valence-electron chi connectivity index (χ4n) is 0.638. The predicted octanol–water partition coefficient (Wildman–Crippen LogP) is 3.69. The first kappa shape index (κ1) is 10.5. The molecule has 0 rings (SSSR count). The minimum atomic E-state index is -4.13. The number of alkyl halides is 3. The first-order valence-electron chi connectivity index (χ1n) is 3.72. The van der Waals surface area contributed by atoms with Gasteiger partial charge in [0.2, 0.25) is 0 Å². The maximum absolute atomic E-state index is 11.8. The highest BCUT2D eigenvalue weighted by molar-refractivity contribution is 5.04. The van der Waals surface area contributed by atoms with Crippen LogP contribution in [0.2, 0.25) is 0 Å². The highest BCUT2D eigenvalue weighted by Gasteiger charge is 2.29. The molecule has 11 heavy (non-hydrogen) atoms. The smallest absolute Gasteiger partial charge is 0.167 e. The molecule has 66 valence electrons. The van der Waals surface area contributed by atoms with Crippen LogP contribution in [0, 0.1) is 0 Å². The van der Waals surface area contributed by atoms with Crippen LogP contribution in [0.25, 0.3) is 0 Å². The van der Waals surface area contributed by atoms with Crippen LogP contribution in [0.3, 0.4) is 0 Å². The molecule has 0 heterocycles. The number of halogens is 3. The SMILES string of the molecule is CCCC/C=C(\C)C(F)(F)F. The van der Waals surface area contributed by atoms with Gasteiger partial charge in [-0.05, 0) is 13.3 Å². The maximum Gasteiger partial charge on any atom is 0.412 e. The molecule has 0 saturated carbocycles. The first-order chi connectivity index (χ1) is 4.98. The second-order valence-corrected chi connectivity index (χ2v) is 2.53. The molecular formula is C8H13F3. The molecule has 0 atom stereocenters. The molecule has 0 unspecified atom stereocenters. The molecule has 0 aromatic rings. The van der Waals surface area contributed by atoms with Gasteiger partial charge in [0.25, 0.3) is 0 Å². The predicted molar refractivity (Wildman–Crippen MR) is 39.3 cm³/mol. The molecule has 0 amide bonds. The molecule has 0 spiro atoms. The molecule has 0 radical (unpaired) electrons. The van der Waals surface area contributed by atoms with Crippen molar-refractivity contribution in [2.45, 2.75) is 39.3 Å². The van der Waals surface area contributed by atoms with Crippen molar-refractivity contribution in [2.24, 2.45) is 0 Å². The van der Waals surface area contributed by atoms with E-state index in [1.807, 2.05) is 6.92 Å². The Kier molecular flexibility index (Phi) is 4.23. The molecule has 0 saturated heterocycles. The van der Waals surface area contributed by atoms with Crippen LogP contribution in [0.1, 0.15) is 33.1 Å². The summed E-state index contributed by atoms with van der Waals surface area (Å²) in [7, 11) is 0. The molecule has 0 fully saturated rings. The number of rotatable bonds is 3. The van der Waals surface area contributed by atoms with Gasteiger partial charge in [-0.15, -0.1) is 0 Å². The molecule has 0 N–H and O–H groups in total. The Morgan fingerprint density at radius 2 is 1.91 bits per heavy atom. The zero-order valence-electron chi connectivity index (χ0n) is 6.83. The van der Waals surface area contributed by atoms with Gasteiger partial charge in [0.05, 0.1) is 0 Å². The lowest BCUT2D eigenvalue weighted by molar-refractivity contribution is -0.0915. The third kappa shape index (κ3) is 4.87. The Morgan fingerprint density at radius 1 is 1.36 bits per heavy atom. The lowest BCUT2D eigenvalue weighted by atomic mass is 10.2. The van der Waals surface area contributed by atoms with E-state index in [9.17, 15) is 13.2 Å². The summed E-state index contributed by atoms with van der Waals surface area (Å²) < 4.78 is 35.4. The maximum atomic E-state index is 11.8. The van der Waals surface area contributed by atoms with Crippen LogP contribution >= 0.6 is 0 Å². The standard InChI is InChI=1S/C8H13F3/c1-3-4-5-6-7(2)8(9,10)11/h6H,3-5H2,1-2H3/b7-6+. The summed E-state index contributed by atoms with van der Waals surface area (Å²) in [5, 5.41) is 0. The number of allylic oxidation sites excluding steroid dienone is 2. The van der Waals surface area contributed by atoms with E-state index >= 15 is 0 Å². The van der Waals surface area contributed by atoms with Gasteiger partial charge < -0.3 is 0 Å². The van der Waals surface area contributed by atoms with Crippen LogP contribution < -0.4 is 0 Å². The van der Waals surface area contributed by atoms with Crippen molar-refractivity contribution in [1.82, 2.24) is 0 Å². The minimum Gasteiger partial charge on any atom is -0.167 e. The second kappa shape index (κ2) is 4.42. The van der Waals surface area contributed by atoms with Gasteiger partial charge in [0.1, 0.15) is 0 Å². The van der Waals surface area contributed by atoms with Gasteiger partial charge in [0, 0.05) is 5.57 Å². The summed E-state index contributed by atoms with van der Waals surface area (Å²) >= 11 is 0. The quantitative estimate of drug-likeness (QED) is 0.443. The third-order valence-corrected chi connectivity index (χ3v) is 1.46. The zero-order valence-corrected chi connectivity index (χ0v) is 6.83. The average Bonchev–Trinajstić information content (AvgIpc) is 1.86. The van der Waals surface area contributed by atoms with Crippen molar-refractivity contribution >= 4 is 0 Å². The van der Waals surface area contributed by atoms with E-state index in [1.54, 1.807) is 0 Å². The number of hydrogen-bond acceptors (Lipinski definition) is 0. The molecule has 3 heteroatoms. The largest absolute Gasteiger partial charge is 0.412 e. The van der Waals surface area contributed by atoms with E-state index in [1.165, 1.54) is 6.08 Å². The van der Waals surface area contributed by atoms with Crippen LogP contribution in [0.4, 0.5) is 13.2 Å². The fourth-order valence-corrected chi connectivity index (χ4v) is 0.638. The van der Waals surface area contributed by atoms with E-state index in [0.717, 1.165) is 19.8 Å².